The SMILES string of the molecule is O=C1C(Sc2ncn[nH]2)CCCN1c1cccc(F)c1. The summed E-state index contributed by atoms with van der Waals surface area (Å²) < 4.78 is 13.3. The second-order valence-electron chi connectivity index (χ2n) is 4.51. The average Bonchev–Trinajstić information content (AvgIpc) is 2.94. The number of benzene rings is 1. The molecule has 1 amide bonds. The number of thioether (sulfide) groups is 1. The Kier molecular flexibility index (Phi) is 3.68. The highest BCUT2D eigenvalue weighted by atomic mass is 32.2. The van der Waals surface area contributed by atoms with E-state index in [1.165, 1.54) is 30.2 Å². The van der Waals surface area contributed by atoms with Crippen LogP contribution in [0.2, 0.25) is 0 Å². The van der Waals surface area contributed by atoms with Crippen LogP contribution in [0.1, 0.15) is 12.8 Å². The maximum atomic E-state index is 13.3. The standard InChI is InChI=1S/C13H13FN4OS/c14-9-3-1-4-10(7-9)18-6-2-5-11(12(18)19)20-13-15-8-16-17-13/h1,3-4,7-8,11H,2,5-6H2,(H,15,16,17). The number of hydrogen-bond acceptors (Lipinski definition) is 4. The second kappa shape index (κ2) is 5.62. The Balaban J connectivity index is 1.78. The molecule has 1 aliphatic heterocycles. The van der Waals surface area contributed by atoms with Gasteiger partial charge in [0.25, 0.3) is 0 Å². The number of H-pyrrole nitrogens is 1. The first-order chi connectivity index (χ1) is 9.74. The second-order valence-corrected chi connectivity index (χ2v) is 5.70. The Morgan fingerprint density at radius 2 is 2.35 bits per heavy atom. The zero-order valence-electron chi connectivity index (χ0n) is 10.6. The highest BCUT2D eigenvalue weighted by Gasteiger charge is 2.31. The fraction of sp³-hybridized carbons (Fsp3) is 0.308. The van der Waals surface area contributed by atoms with Crippen LogP contribution < -0.4 is 4.90 Å². The predicted octanol–water partition coefficient (Wildman–Crippen LogP) is 2.23. The number of nitrogens with one attached hydrogen (secondary N) is 1. The molecule has 0 aliphatic carbocycles. The normalized spacial score (nSPS) is 19.4. The van der Waals surface area contributed by atoms with Gasteiger partial charge in [-0.2, -0.15) is 5.10 Å². The van der Waals surface area contributed by atoms with Crippen molar-refractivity contribution in [1.82, 2.24) is 15.2 Å². The summed E-state index contributed by atoms with van der Waals surface area (Å²) in [7, 11) is 0. The van der Waals surface area contributed by atoms with Crippen LogP contribution in [0, 0.1) is 5.82 Å². The van der Waals surface area contributed by atoms with E-state index >= 15 is 0 Å². The smallest absolute Gasteiger partial charge is 0.240 e. The minimum atomic E-state index is -0.333. The molecule has 20 heavy (non-hydrogen) atoms. The molecule has 1 N–H and O–H groups in total. The third-order valence-electron chi connectivity index (χ3n) is 3.16. The quantitative estimate of drug-likeness (QED) is 0.942. The van der Waals surface area contributed by atoms with E-state index < -0.39 is 0 Å². The molecule has 0 bridgehead atoms. The Labute approximate surface area is 119 Å². The molecule has 2 aromatic rings. The number of aromatic nitrogens is 3. The molecular formula is C13H13FN4OS. The lowest BCUT2D eigenvalue weighted by Gasteiger charge is -2.31. The van der Waals surface area contributed by atoms with Crippen molar-refractivity contribution in [1.29, 1.82) is 0 Å². The molecule has 0 spiro atoms. The van der Waals surface area contributed by atoms with Crippen LogP contribution in [0.15, 0.2) is 35.7 Å². The molecule has 1 atom stereocenters. The van der Waals surface area contributed by atoms with Gasteiger partial charge in [0.1, 0.15) is 12.1 Å². The first-order valence-corrected chi connectivity index (χ1v) is 7.21. The van der Waals surface area contributed by atoms with Gasteiger partial charge < -0.3 is 4.90 Å². The van der Waals surface area contributed by atoms with E-state index in [1.54, 1.807) is 17.0 Å². The largest absolute Gasteiger partial charge is 0.311 e. The molecule has 7 heteroatoms. The Morgan fingerprint density at radius 3 is 3.10 bits per heavy atom. The summed E-state index contributed by atoms with van der Waals surface area (Å²) >= 11 is 1.37. The third-order valence-corrected chi connectivity index (χ3v) is 4.30. The number of piperidine rings is 1. The van der Waals surface area contributed by atoms with Gasteiger partial charge in [-0.3, -0.25) is 9.89 Å². The zero-order chi connectivity index (χ0) is 13.9. The summed E-state index contributed by atoms with van der Waals surface area (Å²) in [6.45, 7) is 0.621. The van der Waals surface area contributed by atoms with Crippen LogP contribution in [0.5, 0.6) is 0 Å². The van der Waals surface area contributed by atoms with E-state index in [1.807, 2.05) is 0 Å². The van der Waals surface area contributed by atoms with E-state index in [4.69, 9.17) is 0 Å². The lowest BCUT2D eigenvalue weighted by Crippen LogP contribution is -2.43. The Morgan fingerprint density at radius 1 is 1.45 bits per heavy atom. The van der Waals surface area contributed by atoms with Crippen LogP contribution >= 0.6 is 11.8 Å². The van der Waals surface area contributed by atoms with E-state index in [0.717, 1.165) is 12.8 Å². The number of rotatable bonds is 3. The Hall–Kier alpha value is -1.89. The minimum absolute atomic E-state index is 0.0109. The fourth-order valence-electron chi connectivity index (χ4n) is 2.24. The first-order valence-electron chi connectivity index (χ1n) is 6.33. The number of amides is 1. The lowest BCUT2D eigenvalue weighted by atomic mass is 10.1. The molecule has 0 radical (unpaired) electrons. The van der Waals surface area contributed by atoms with Crippen LogP contribution in [-0.4, -0.2) is 32.9 Å². The minimum Gasteiger partial charge on any atom is -0.311 e. The number of halogens is 1. The van der Waals surface area contributed by atoms with Crippen molar-refractivity contribution >= 4 is 23.4 Å². The topological polar surface area (TPSA) is 61.9 Å². The summed E-state index contributed by atoms with van der Waals surface area (Å²) in [5.41, 5.74) is 0.609. The van der Waals surface area contributed by atoms with Crippen LogP contribution in [-0.2, 0) is 4.79 Å². The predicted molar refractivity (Wildman–Crippen MR) is 74.0 cm³/mol. The van der Waals surface area contributed by atoms with Crippen LogP contribution in [0.4, 0.5) is 10.1 Å². The molecule has 3 rings (SSSR count). The molecule has 104 valence electrons. The molecule has 1 fully saturated rings. The summed E-state index contributed by atoms with van der Waals surface area (Å²) in [5, 5.41) is 6.93. The summed E-state index contributed by atoms with van der Waals surface area (Å²) in [6, 6.07) is 6.13. The highest BCUT2D eigenvalue weighted by molar-refractivity contribution is 8.00. The number of anilines is 1. The van der Waals surface area contributed by atoms with Crippen molar-refractivity contribution in [2.75, 3.05) is 11.4 Å². The molecule has 1 saturated heterocycles. The molecule has 1 aromatic heterocycles. The zero-order valence-corrected chi connectivity index (χ0v) is 11.4. The molecule has 1 aliphatic rings. The Bertz CT molecular complexity index is 604. The van der Waals surface area contributed by atoms with Crippen molar-refractivity contribution in [3.8, 4) is 0 Å². The van der Waals surface area contributed by atoms with E-state index in [-0.39, 0.29) is 17.0 Å². The van der Waals surface area contributed by atoms with Gasteiger partial charge in [0.05, 0.1) is 5.25 Å². The summed E-state index contributed by atoms with van der Waals surface area (Å²) in [5.74, 6) is -0.344. The van der Waals surface area contributed by atoms with Gasteiger partial charge in [0, 0.05) is 12.2 Å². The molecule has 0 saturated carbocycles. The number of hydrogen-bond donors (Lipinski definition) is 1. The van der Waals surface area contributed by atoms with E-state index in [2.05, 4.69) is 15.2 Å². The molecular weight excluding hydrogens is 279 g/mol. The molecule has 1 unspecified atom stereocenters. The van der Waals surface area contributed by atoms with Gasteiger partial charge in [-0.15, -0.1) is 0 Å². The van der Waals surface area contributed by atoms with Crippen LogP contribution in [0.3, 0.4) is 0 Å². The fourth-order valence-corrected chi connectivity index (χ4v) is 3.23. The van der Waals surface area contributed by atoms with Crippen LogP contribution in [0.25, 0.3) is 0 Å². The third kappa shape index (κ3) is 2.67. The molecule has 5 nitrogen and oxygen atoms in total. The first kappa shape index (κ1) is 13.1. The van der Waals surface area contributed by atoms with Gasteiger partial charge in [-0.25, -0.2) is 9.37 Å². The number of carbonyl (C=O) groups is 1. The molecule has 1 aromatic carbocycles. The molecule has 2 heterocycles. The van der Waals surface area contributed by atoms with Gasteiger partial charge in [-0.1, -0.05) is 17.8 Å². The van der Waals surface area contributed by atoms with Crippen molar-refractivity contribution in [2.45, 2.75) is 23.2 Å². The van der Waals surface area contributed by atoms with Crippen molar-refractivity contribution in [3.63, 3.8) is 0 Å². The summed E-state index contributed by atoms with van der Waals surface area (Å²) in [4.78, 5) is 18.1. The number of aromatic amines is 1. The number of carbonyl (C=O) groups excluding carboxylic acids is 1. The monoisotopic (exact) mass is 292 g/mol. The summed E-state index contributed by atoms with van der Waals surface area (Å²) in [6.07, 6.45) is 3.09. The van der Waals surface area contributed by atoms with E-state index in [0.29, 0.717) is 17.4 Å². The average molecular weight is 292 g/mol. The van der Waals surface area contributed by atoms with Crippen molar-refractivity contribution in [3.05, 3.63) is 36.4 Å². The van der Waals surface area contributed by atoms with Crippen molar-refractivity contribution in [2.24, 2.45) is 0 Å². The highest BCUT2D eigenvalue weighted by Crippen LogP contribution is 2.30. The number of nitrogens with zero attached hydrogens (tertiary/aromatic N) is 3. The van der Waals surface area contributed by atoms with Crippen molar-refractivity contribution < 1.29 is 9.18 Å². The van der Waals surface area contributed by atoms with E-state index in [9.17, 15) is 9.18 Å². The van der Waals surface area contributed by atoms with Gasteiger partial charge >= 0.3 is 0 Å². The van der Waals surface area contributed by atoms with Gasteiger partial charge in [0.15, 0.2) is 5.16 Å². The maximum absolute atomic E-state index is 13.3. The lowest BCUT2D eigenvalue weighted by molar-refractivity contribution is -0.119. The maximum Gasteiger partial charge on any atom is 0.240 e. The van der Waals surface area contributed by atoms with Gasteiger partial charge in [-0.05, 0) is 31.0 Å². The van der Waals surface area contributed by atoms with Gasteiger partial charge in [0.2, 0.25) is 5.91 Å².